The van der Waals surface area contributed by atoms with Gasteiger partial charge in [0.1, 0.15) is 13.2 Å². The zero-order valence-corrected chi connectivity index (χ0v) is 45.3. The Morgan fingerprint density at radius 3 is 1.24 bits per heavy atom. The van der Waals surface area contributed by atoms with Crippen LogP contribution in [0, 0.1) is 0 Å². The smallest absolute Gasteiger partial charge is 0.387 e. The van der Waals surface area contributed by atoms with Crippen LogP contribution in [0.15, 0.2) is 36.5 Å². The van der Waals surface area contributed by atoms with Crippen LogP contribution in [-0.4, -0.2) is 73.4 Å². The van der Waals surface area contributed by atoms with Crippen LogP contribution < -0.4 is 5.32 Å². The van der Waals surface area contributed by atoms with Crippen molar-refractivity contribution in [1.82, 2.24) is 5.32 Å². The number of carbonyl (C=O) groups excluding carboxylic acids is 1. The van der Waals surface area contributed by atoms with Crippen molar-refractivity contribution in [3.63, 3.8) is 0 Å². The molecule has 0 aliphatic heterocycles. The van der Waals surface area contributed by atoms with E-state index in [4.69, 9.17) is 9.05 Å². The van der Waals surface area contributed by atoms with Gasteiger partial charge in [0.15, 0.2) is 0 Å². The summed E-state index contributed by atoms with van der Waals surface area (Å²) in [6, 6.07) is -0.843. The Labute approximate surface area is 410 Å². The third kappa shape index (κ3) is 50.6. The van der Waals surface area contributed by atoms with Gasteiger partial charge in [-0.3, -0.25) is 13.8 Å². The third-order valence-corrected chi connectivity index (χ3v) is 13.8. The minimum absolute atomic E-state index is 0.0630. The molecular formula is C57H112N2O6P+. The molecule has 3 atom stereocenters. The Bertz CT molecular complexity index is 1170. The molecule has 1 amide bonds. The number of nitrogens with zero attached hydrogens (tertiary/aromatic N) is 1. The summed E-state index contributed by atoms with van der Waals surface area (Å²) in [5.74, 6) is -0.175. The average molecular weight is 953 g/mol. The number of aliphatic hydroxyl groups excluding tert-OH is 1. The van der Waals surface area contributed by atoms with Crippen molar-refractivity contribution in [1.29, 1.82) is 0 Å². The molecule has 3 N–H and O–H groups in total. The lowest BCUT2D eigenvalue weighted by Gasteiger charge is -2.25. The molecule has 0 rings (SSSR count). The minimum Gasteiger partial charge on any atom is -0.387 e. The Morgan fingerprint density at radius 2 is 0.864 bits per heavy atom. The van der Waals surface area contributed by atoms with E-state index in [0.717, 1.165) is 44.9 Å². The van der Waals surface area contributed by atoms with Crippen LogP contribution in [-0.2, 0) is 18.4 Å². The van der Waals surface area contributed by atoms with Gasteiger partial charge >= 0.3 is 7.82 Å². The zero-order chi connectivity index (χ0) is 48.5. The molecule has 0 saturated heterocycles. The second-order valence-corrected chi connectivity index (χ2v) is 22.1. The highest BCUT2D eigenvalue weighted by molar-refractivity contribution is 7.47. The molecule has 390 valence electrons. The molecule has 0 spiro atoms. The highest BCUT2D eigenvalue weighted by atomic mass is 31.2. The number of carbonyl (C=O) groups is 1. The lowest BCUT2D eigenvalue weighted by molar-refractivity contribution is -0.870. The fraction of sp³-hybridized carbons (Fsp3) is 0.877. The van der Waals surface area contributed by atoms with Crippen molar-refractivity contribution in [2.24, 2.45) is 0 Å². The first kappa shape index (κ1) is 64.7. The standard InChI is InChI=1S/C57H111N2O6P/c1-6-8-10-12-14-16-18-19-20-21-22-23-24-25-26-27-28-29-30-31-32-33-34-35-36-37-38-39-41-43-45-47-49-51-57(61)58-55(54-65-66(62,63)64-53-52-59(3,4)5)56(60)50-48-46-44-42-40-17-15-13-11-9-7-2/h18-19,21-22,48,50,55-56,60H,6-17,20,23-47,49,51-54H2,1-5H3,(H-,58,61,62,63)/p+1/b19-18-,22-21-,50-48+. The van der Waals surface area contributed by atoms with E-state index in [-0.39, 0.29) is 19.1 Å². The van der Waals surface area contributed by atoms with Crippen molar-refractivity contribution in [3.05, 3.63) is 36.5 Å². The maximum atomic E-state index is 12.9. The number of phosphoric ester groups is 1. The third-order valence-electron chi connectivity index (χ3n) is 12.9. The van der Waals surface area contributed by atoms with Crippen LogP contribution in [0.5, 0.6) is 0 Å². The molecule has 66 heavy (non-hydrogen) atoms. The summed E-state index contributed by atoms with van der Waals surface area (Å²) in [5, 5.41) is 13.9. The average Bonchev–Trinajstić information content (AvgIpc) is 3.28. The number of hydrogen-bond donors (Lipinski definition) is 3. The molecule has 0 aliphatic rings. The zero-order valence-electron chi connectivity index (χ0n) is 44.4. The van der Waals surface area contributed by atoms with Crippen LogP contribution in [0.25, 0.3) is 0 Å². The van der Waals surface area contributed by atoms with Gasteiger partial charge in [-0.25, -0.2) is 4.57 Å². The highest BCUT2D eigenvalue weighted by Gasteiger charge is 2.27. The summed E-state index contributed by atoms with van der Waals surface area (Å²) in [4.78, 5) is 23.2. The van der Waals surface area contributed by atoms with Crippen LogP contribution in [0.2, 0.25) is 0 Å². The molecule has 0 bridgehead atoms. The van der Waals surface area contributed by atoms with Gasteiger partial charge in [0.25, 0.3) is 0 Å². The first-order valence-electron chi connectivity index (χ1n) is 28.4. The number of quaternary nitrogens is 1. The normalized spacial score (nSPS) is 14.2. The van der Waals surface area contributed by atoms with E-state index in [0.29, 0.717) is 17.4 Å². The second-order valence-electron chi connectivity index (χ2n) is 20.7. The molecule has 0 fully saturated rings. The van der Waals surface area contributed by atoms with E-state index in [1.54, 1.807) is 6.08 Å². The van der Waals surface area contributed by atoms with Gasteiger partial charge in [-0.05, 0) is 51.4 Å². The fourth-order valence-electron chi connectivity index (χ4n) is 8.37. The predicted octanol–water partition coefficient (Wildman–Crippen LogP) is 17.0. The monoisotopic (exact) mass is 952 g/mol. The molecule has 0 radical (unpaired) electrons. The number of aliphatic hydroxyl groups is 1. The van der Waals surface area contributed by atoms with Crippen LogP contribution in [0.4, 0.5) is 0 Å². The van der Waals surface area contributed by atoms with Gasteiger partial charge in [-0.1, -0.05) is 249 Å². The first-order chi connectivity index (χ1) is 32.0. The Balaban J connectivity index is 3.95. The predicted molar refractivity (Wildman–Crippen MR) is 286 cm³/mol. The Morgan fingerprint density at radius 1 is 0.515 bits per heavy atom. The number of unbranched alkanes of at least 4 members (excludes halogenated alkanes) is 35. The second kappa shape index (κ2) is 48.7. The van der Waals surface area contributed by atoms with Gasteiger partial charge < -0.3 is 19.8 Å². The molecule has 9 heteroatoms. The van der Waals surface area contributed by atoms with Crippen LogP contribution in [0.3, 0.4) is 0 Å². The van der Waals surface area contributed by atoms with Gasteiger partial charge in [0.2, 0.25) is 5.91 Å². The number of nitrogens with one attached hydrogen (secondary N) is 1. The van der Waals surface area contributed by atoms with E-state index in [9.17, 15) is 19.4 Å². The lowest BCUT2D eigenvalue weighted by Crippen LogP contribution is -2.45. The minimum atomic E-state index is -4.34. The summed E-state index contributed by atoms with van der Waals surface area (Å²) in [6.45, 7) is 4.81. The summed E-state index contributed by atoms with van der Waals surface area (Å²) >= 11 is 0. The Hall–Kier alpha value is -1.28. The molecule has 3 unspecified atom stereocenters. The molecule has 0 aromatic heterocycles. The molecule has 0 saturated carbocycles. The Kier molecular flexibility index (Phi) is 47.8. The maximum Gasteiger partial charge on any atom is 0.472 e. The highest BCUT2D eigenvalue weighted by Crippen LogP contribution is 2.43. The number of amides is 1. The van der Waals surface area contributed by atoms with Crippen molar-refractivity contribution >= 4 is 13.7 Å². The van der Waals surface area contributed by atoms with E-state index in [1.165, 1.54) is 205 Å². The lowest BCUT2D eigenvalue weighted by atomic mass is 10.0. The summed E-state index contributed by atoms with van der Waals surface area (Å²) in [5.41, 5.74) is 0. The van der Waals surface area contributed by atoms with Crippen molar-refractivity contribution < 1.29 is 32.9 Å². The van der Waals surface area contributed by atoms with E-state index in [2.05, 4.69) is 43.5 Å². The van der Waals surface area contributed by atoms with E-state index in [1.807, 2.05) is 27.2 Å². The summed E-state index contributed by atoms with van der Waals surface area (Å²) in [6.07, 6.45) is 62.6. The van der Waals surface area contributed by atoms with Gasteiger partial charge in [-0.15, -0.1) is 0 Å². The molecular weight excluding hydrogens is 840 g/mol. The molecule has 0 aromatic carbocycles. The van der Waals surface area contributed by atoms with Gasteiger partial charge in [0.05, 0.1) is 39.9 Å². The fourth-order valence-corrected chi connectivity index (χ4v) is 9.10. The number of hydrogen-bond acceptors (Lipinski definition) is 5. The molecule has 0 aromatic rings. The maximum absolute atomic E-state index is 12.9. The van der Waals surface area contributed by atoms with E-state index < -0.39 is 20.0 Å². The largest absolute Gasteiger partial charge is 0.472 e. The van der Waals surface area contributed by atoms with Crippen LogP contribution in [0.1, 0.15) is 271 Å². The number of rotatable bonds is 52. The number of likely N-dealkylation sites (N-methyl/N-ethyl adjacent to an activating group) is 1. The van der Waals surface area contributed by atoms with Crippen molar-refractivity contribution in [3.8, 4) is 0 Å². The SMILES string of the molecule is CCCCCCC/C=C\C/C=C\CCCCCCCCCCCCCCCCCCCCCCCC(=O)NC(COP(=O)(O)OCC[N+](C)(C)C)C(O)/C=C/CCCCCCCCCCC. The molecule has 8 nitrogen and oxygen atoms in total. The first-order valence-corrected chi connectivity index (χ1v) is 29.9. The number of allylic oxidation sites excluding steroid dienone is 5. The van der Waals surface area contributed by atoms with Crippen LogP contribution >= 0.6 is 7.82 Å². The summed E-state index contributed by atoms with van der Waals surface area (Å²) < 4.78 is 23.6. The quantitative estimate of drug-likeness (QED) is 0.0243. The molecule has 0 heterocycles. The van der Waals surface area contributed by atoms with Crippen molar-refractivity contribution in [2.45, 2.75) is 283 Å². The van der Waals surface area contributed by atoms with Crippen molar-refractivity contribution in [2.75, 3.05) is 40.9 Å². The van der Waals surface area contributed by atoms with E-state index >= 15 is 0 Å². The summed E-state index contributed by atoms with van der Waals surface area (Å²) in [7, 11) is 1.58. The molecule has 0 aliphatic carbocycles. The van der Waals surface area contributed by atoms with Gasteiger partial charge in [0, 0.05) is 6.42 Å². The van der Waals surface area contributed by atoms with Gasteiger partial charge in [-0.2, -0.15) is 0 Å². The topological polar surface area (TPSA) is 105 Å². The number of phosphoric acid groups is 1.